The van der Waals surface area contributed by atoms with E-state index in [1.807, 2.05) is 48.5 Å². The van der Waals surface area contributed by atoms with Crippen LogP contribution in [0.4, 0.5) is 4.79 Å². The Balaban J connectivity index is 1.47. The minimum absolute atomic E-state index is 0.128. The molecule has 0 radical (unpaired) electrons. The predicted molar refractivity (Wildman–Crippen MR) is 99.6 cm³/mol. The Bertz CT molecular complexity index is 835. The molecule has 2 atom stereocenters. The van der Waals surface area contributed by atoms with E-state index in [9.17, 15) is 15.0 Å². The van der Waals surface area contributed by atoms with Crippen molar-refractivity contribution >= 4 is 6.09 Å². The highest BCUT2D eigenvalue weighted by atomic mass is 16.5. The molecule has 0 aliphatic carbocycles. The number of nitrogens with one attached hydrogen (secondary N) is 2. The van der Waals surface area contributed by atoms with Gasteiger partial charge in [0.1, 0.15) is 18.8 Å². The number of nitrogens with zero attached hydrogens (tertiary/aromatic N) is 1. The molecule has 1 amide bonds. The second kappa shape index (κ2) is 8.98. The fraction of sp³-hybridized carbons (Fsp3) is 0.200. The first kappa shape index (κ1) is 18.6. The average molecular weight is 367 g/mol. The van der Waals surface area contributed by atoms with Crippen LogP contribution >= 0.6 is 0 Å². The number of H-pyrrole nitrogens is 1. The number of alkyl carbamates (subject to hydrolysis) is 1. The van der Waals surface area contributed by atoms with Crippen molar-refractivity contribution in [3.63, 3.8) is 0 Å². The summed E-state index contributed by atoms with van der Waals surface area (Å²) in [6.45, 7) is 0.0114. The zero-order chi connectivity index (χ0) is 19.1. The molecule has 2 unspecified atom stereocenters. The predicted octanol–water partition coefficient (Wildman–Crippen LogP) is 2.40. The first-order chi connectivity index (χ1) is 13.1. The number of aromatic nitrogens is 2. The normalized spacial score (nSPS) is 13.0. The molecule has 1 aromatic heterocycles. The standard InChI is InChI=1S/C20H21N3O4/c24-18(12-21-20(26)27-13-14-4-2-1-3-5-14)19(25)16-8-6-15(7-9-16)17-10-11-22-23-17/h1-11,18-19,24-25H,12-13H2,(H,21,26)(H,22,23). The number of carbonyl (C=O) groups is 1. The first-order valence-corrected chi connectivity index (χ1v) is 8.54. The summed E-state index contributed by atoms with van der Waals surface area (Å²) in [6, 6.07) is 18.2. The van der Waals surface area contributed by atoms with E-state index in [1.165, 1.54) is 0 Å². The van der Waals surface area contributed by atoms with Gasteiger partial charge < -0.3 is 20.3 Å². The monoisotopic (exact) mass is 367 g/mol. The lowest BCUT2D eigenvalue weighted by atomic mass is 10.0. The number of benzene rings is 2. The lowest BCUT2D eigenvalue weighted by Crippen LogP contribution is -2.35. The van der Waals surface area contributed by atoms with Crippen LogP contribution in [0.5, 0.6) is 0 Å². The number of hydrogen-bond donors (Lipinski definition) is 4. The van der Waals surface area contributed by atoms with Crippen LogP contribution in [0.3, 0.4) is 0 Å². The number of rotatable bonds is 7. The lowest BCUT2D eigenvalue weighted by Gasteiger charge is -2.19. The van der Waals surface area contributed by atoms with E-state index in [2.05, 4.69) is 15.5 Å². The van der Waals surface area contributed by atoms with Gasteiger partial charge in [0.15, 0.2) is 0 Å². The van der Waals surface area contributed by atoms with Crippen LogP contribution < -0.4 is 5.32 Å². The third-order valence-electron chi connectivity index (χ3n) is 4.10. The number of hydrogen-bond acceptors (Lipinski definition) is 5. The summed E-state index contributed by atoms with van der Waals surface area (Å²) >= 11 is 0. The van der Waals surface area contributed by atoms with E-state index in [1.54, 1.807) is 18.3 Å². The maximum atomic E-state index is 11.7. The van der Waals surface area contributed by atoms with E-state index in [4.69, 9.17) is 4.74 Å². The molecule has 0 saturated carbocycles. The summed E-state index contributed by atoms with van der Waals surface area (Å²) in [4.78, 5) is 11.7. The topological polar surface area (TPSA) is 107 Å². The molecule has 140 valence electrons. The van der Waals surface area contributed by atoms with Crippen molar-refractivity contribution < 1.29 is 19.7 Å². The van der Waals surface area contributed by atoms with Crippen LogP contribution in [0.15, 0.2) is 66.9 Å². The Kier molecular flexibility index (Phi) is 6.19. The van der Waals surface area contributed by atoms with Crippen molar-refractivity contribution in [1.82, 2.24) is 15.5 Å². The lowest BCUT2D eigenvalue weighted by molar-refractivity contribution is 0.0184. The highest BCUT2D eigenvalue weighted by Crippen LogP contribution is 2.21. The maximum Gasteiger partial charge on any atom is 0.407 e. The van der Waals surface area contributed by atoms with E-state index in [0.717, 1.165) is 16.8 Å². The van der Waals surface area contributed by atoms with Crippen molar-refractivity contribution in [3.8, 4) is 11.3 Å². The number of aromatic amines is 1. The number of aliphatic hydroxyl groups is 2. The molecule has 0 aliphatic heterocycles. The van der Waals surface area contributed by atoms with Gasteiger partial charge in [-0.1, -0.05) is 54.6 Å². The highest BCUT2D eigenvalue weighted by molar-refractivity contribution is 5.67. The van der Waals surface area contributed by atoms with Gasteiger partial charge >= 0.3 is 6.09 Å². The number of amides is 1. The molecule has 0 spiro atoms. The SMILES string of the molecule is O=C(NCC(O)C(O)c1ccc(-c2ccn[nH]2)cc1)OCc1ccccc1. The van der Waals surface area contributed by atoms with Crippen molar-refractivity contribution in [2.45, 2.75) is 18.8 Å². The third-order valence-corrected chi connectivity index (χ3v) is 4.10. The summed E-state index contributed by atoms with van der Waals surface area (Å²) in [5.41, 5.74) is 3.19. The van der Waals surface area contributed by atoms with Gasteiger partial charge in [0.05, 0.1) is 5.69 Å². The zero-order valence-corrected chi connectivity index (χ0v) is 14.6. The van der Waals surface area contributed by atoms with Gasteiger partial charge in [-0.25, -0.2) is 4.79 Å². The summed E-state index contributed by atoms with van der Waals surface area (Å²) in [5, 5.41) is 29.6. The van der Waals surface area contributed by atoms with Crippen molar-refractivity contribution in [2.24, 2.45) is 0 Å². The molecule has 3 rings (SSSR count). The van der Waals surface area contributed by atoms with Crippen LogP contribution in [0.25, 0.3) is 11.3 Å². The largest absolute Gasteiger partial charge is 0.445 e. The van der Waals surface area contributed by atoms with Crippen molar-refractivity contribution in [1.29, 1.82) is 0 Å². The van der Waals surface area contributed by atoms with Gasteiger partial charge in [0, 0.05) is 12.7 Å². The molecule has 7 nitrogen and oxygen atoms in total. The van der Waals surface area contributed by atoms with Gasteiger partial charge in [-0.3, -0.25) is 5.10 Å². The smallest absolute Gasteiger partial charge is 0.407 e. The van der Waals surface area contributed by atoms with E-state index in [-0.39, 0.29) is 13.2 Å². The zero-order valence-electron chi connectivity index (χ0n) is 14.6. The van der Waals surface area contributed by atoms with E-state index < -0.39 is 18.3 Å². The fourth-order valence-electron chi connectivity index (χ4n) is 2.57. The fourth-order valence-corrected chi connectivity index (χ4v) is 2.57. The second-order valence-electron chi connectivity index (χ2n) is 6.05. The first-order valence-electron chi connectivity index (χ1n) is 8.54. The molecule has 0 saturated heterocycles. The molecule has 2 aromatic carbocycles. The quantitative estimate of drug-likeness (QED) is 0.513. The molecule has 4 N–H and O–H groups in total. The number of ether oxygens (including phenoxy) is 1. The second-order valence-corrected chi connectivity index (χ2v) is 6.05. The summed E-state index contributed by atoms with van der Waals surface area (Å²) in [7, 11) is 0. The maximum absolute atomic E-state index is 11.7. The van der Waals surface area contributed by atoms with Crippen molar-refractivity contribution in [2.75, 3.05) is 6.54 Å². The molecule has 7 heteroatoms. The molecule has 0 aliphatic rings. The number of aliphatic hydroxyl groups excluding tert-OH is 2. The van der Waals surface area contributed by atoms with Gasteiger partial charge in [0.2, 0.25) is 0 Å². The summed E-state index contributed by atoms with van der Waals surface area (Å²) < 4.78 is 5.07. The molecule has 27 heavy (non-hydrogen) atoms. The minimum Gasteiger partial charge on any atom is -0.445 e. The van der Waals surface area contributed by atoms with Gasteiger partial charge in [0.25, 0.3) is 0 Å². The van der Waals surface area contributed by atoms with Crippen LogP contribution in [0, 0.1) is 0 Å². The van der Waals surface area contributed by atoms with Crippen LogP contribution in [0.1, 0.15) is 17.2 Å². The third kappa shape index (κ3) is 5.16. The Hall–Kier alpha value is -3.16. The number of carbonyl (C=O) groups excluding carboxylic acids is 1. The average Bonchev–Trinajstić information content (AvgIpc) is 3.25. The van der Waals surface area contributed by atoms with E-state index in [0.29, 0.717) is 5.56 Å². The summed E-state index contributed by atoms with van der Waals surface area (Å²) in [6.07, 6.45) is -1.29. The Labute approximate surface area is 156 Å². The van der Waals surface area contributed by atoms with Gasteiger partial charge in [-0.2, -0.15) is 5.10 Å². The van der Waals surface area contributed by atoms with Gasteiger partial charge in [-0.15, -0.1) is 0 Å². The minimum atomic E-state index is -1.16. The molecule has 0 fully saturated rings. The molecule has 0 bridgehead atoms. The van der Waals surface area contributed by atoms with Crippen LogP contribution in [-0.4, -0.2) is 39.2 Å². The Morgan fingerprint density at radius 1 is 1.07 bits per heavy atom. The molecular weight excluding hydrogens is 346 g/mol. The Morgan fingerprint density at radius 3 is 2.48 bits per heavy atom. The van der Waals surface area contributed by atoms with Crippen LogP contribution in [-0.2, 0) is 11.3 Å². The molecular formula is C20H21N3O4. The van der Waals surface area contributed by atoms with Crippen LogP contribution in [0.2, 0.25) is 0 Å². The van der Waals surface area contributed by atoms with Gasteiger partial charge in [-0.05, 0) is 22.8 Å². The highest BCUT2D eigenvalue weighted by Gasteiger charge is 2.19. The molecule has 3 aromatic rings. The molecule has 1 heterocycles. The van der Waals surface area contributed by atoms with Crippen molar-refractivity contribution in [3.05, 3.63) is 78.0 Å². The summed E-state index contributed by atoms with van der Waals surface area (Å²) in [5.74, 6) is 0. The van der Waals surface area contributed by atoms with E-state index >= 15 is 0 Å². The Morgan fingerprint density at radius 2 is 1.81 bits per heavy atom.